The van der Waals surface area contributed by atoms with E-state index in [1.807, 2.05) is 36.4 Å². The zero-order chi connectivity index (χ0) is 8.43. The molecule has 1 rings (SSSR count). The van der Waals surface area contributed by atoms with Gasteiger partial charge in [-0.05, 0) is 36.4 Å². The predicted molar refractivity (Wildman–Crippen MR) is 47.8 cm³/mol. The maximum absolute atomic E-state index is 8.68. The quantitative estimate of drug-likeness (QED) is 0.717. The Morgan fingerprint density at radius 2 is 2.27 bits per heavy atom. The second-order valence-electron chi connectivity index (χ2n) is 2.38. The molecule has 11 heavy (non-hydrogen) atoms. The Bertz CT molecular complexity index is 296. The number of hydrogen-bond donors (Lipinski definition) is 0. The van der Waals surface area contributed by atoms with E-state index < -0.39 is 0 Å². The van der Waals surface area contributed by atoms with E-state index in [0.717, 1.165) is 0 Å². The van der Waals surface area contributed by atoms with Gasteiger partial charge in [-0.15, -0.1) is 5.10 Å². The van der Waals surface area contributed by atoms with Crippen LogP contribution in [-0.4, -0.2) is 15.0 Å². The van der Waals surface area contributed by atoms with Crippen molar-refractivity contribution in [3.63, 3.8) is 0 Å². The smallest absolute Gasteiger partial charge is 0.172 e. The molecule has 0 bridgehead atoms. The number of aromatic nitrogens is 3. The van der Waals surface area contributed by atoms with Crippen LogP contribution in [-0.2, 0) is 0 Å². The average molecular weight is 262 g/mol. The zero-order valence-electron chi connectivity index (χ0n) is 6.24. The van der Waals surface area contributed by atoms with Crippen molar-refractivity contribution in [1.82, 2.24) is 15.0 Å². The third-order valence-corrected chi connectivity index (χ3v) is 1.98. The topological polar surface area (TPSA) is 54.5 Å². The second-order valence-corrected chi connectivity index (χ2v) is 3.40. The molecule has 0 fully saturated rings. The molecule has 1 heterocycles. The first-order chi connectivity index (χ1) is 5.16. The minimum Gasteiger partial charge on any atom is -0.231 e. The summed E-state index contributed by atoms with van der Waals surface area (Å²) in [5.41, 5.74) is 0.542. The van der Waals surface area contributed by atoms with Crippen molar-refractivity contribution in [1.29, 1.82) is 5.26 Å². The van der Waals surface area contributed by atoms with Crippen LogP contribution in [0.5, 0.6) is 0 Å². The first-order valence-corrected chi connectivity index (χ1v) is 4.25. The van der Waals surface area contributed by atoms with Crippen molar-refractivity contribution in [3.8, 4) is 6.07 Å². The molecule has 0 aromatic carbocycles. The second kappa shape index (κ2) is 3.17. The Hall–Kier alpha value is -0.640. The van der Waals surface area contributed by atoms with Crippen molar-refractivity contribution in [2.24, 2.45) is 0 Å². The minimum atomic E-state index is 0.195. The number of rotatable bonds is 1. The lowest BCUT2D eigenvalue weighted by Crippen LogP contribution is -2.05. The molecule has 0 radical (unpaired) electrons. The van der Waals surface area contributed by atoms with Crippen LogP contribution in [0.4, 0.5) is 0 Å². The summed E-state index contributed by atoms with van der Waals surface area (Å²) in [6.07, 6.45) is 0. The van der Waals surface area contributed by atoms with E-state index in [4.69, 9.17) is 5.26 Å². The first-order valence-electron chi connectivity index (χ1n) is 3.17. The van der Waals surface area contributed by atoms with Gasteiger partial charge in [0.2, 0.25) is 0 Å². The highest BCUT2D eigenvalue weighted by molar-refractivity contribution is 14.1. The summed E-state index contributed by atoms with van der Waals surface area (Å²) in [5, 5.41) is 16.3. The van der Waals surface area contributed by atoms with Crippen molar-refractivity contribution < 1.29 is 0 Å². The molecule has 1 aromatic heterocycles. The van der Waals surface area contributed by atoms with Crippen LogP contribution >= 0.6 is 22.6 Å². The molecule has 0 saturated heterocycles. The highest BCUT2D eigenvalue weighted by Crippen LogP contribution is 2.11. The Morgan fingerprint density at radius 1 is 1.64 bits per heavy atom. The van der Waals surface area contributed by atoms with E-state index in [1.165, 1.54) is 0 Å². The summed E-state index contributed by atoms with van der Waals surface area (Å²) < 4.78 is 2.28. The van der Waals surface area contributed by atoms with Crippen LogP contribution in [0, 0.1) is 15.0 Å². The standard InChI is InChI=1S/C6H7IN4/c1-4(2)11-5(3-8)6(7)9-10-11/h4H,1-2H3. The van der Waals surface area contributed by atoms with Crippen molar-refractivity contribution in [2.45, 2.75) is 19.9 Å². The van der Waals surface area contributed by atoms with Crippen LogP contribution in [0.3, 0.4) is 0 Å². The zero-order valence-corrected chi connectivity index (χ0v) is 8.40. The molecule has 0 saturated carbocycles. The molecular formula is C6H7IN4. The minimum absolute atomic E-state index is 0.195. The van der Waals surface area contributed by atoms with Crippen molar-refractivity contribution >= 4 is 22.6 Å². The van der Waals surface area contributed by atoms with Gasteiger partial charge in [0.15, 0.2) is 9.39 Å². The van der Waals surface area contributed by atoms with E-state index in [2.05, 4.69) is 16.4 Å². The lowest BCUT2D eigenvalue weighted by Gasteiger charge is -2.03. The molecule has 4 nitrogen and oxygen atoms in total. The van der Waals surface area contributed by atoms with Gasteiger partial charge in [0.25, 0.3) is 0 Å². The maximum Gasteiger partial charge on any atom is 0.172 e. The highest BCUT2D eigenvalue weighted by atomic mass is 127. The number of nitrogens with zero attached hydrogens (tertiary/aromatic N) is 4. The SMILES string of the molecule is CC(C)n1nnc(I)c1C#N. The van der Waals surface area contributed by atoms with E-state index in [-0.39, 0.29) is 6.04 Å². The number of halogens is 1. The molecule has 0 spiro atoms. The molecule has 0 N–H and O–H groups in total. The van der Waals surface area contributed by atoms with Crippen molar-refractivity contribution in [2.75, 3.05) is 0 Å². The third-order valence-electron chi connectivity index (χ3n) is 1.25. The molecule has 0 unspecified atom stereocenters. The summed E-state index contributed by atoms with van der Waals surface area (Å²) in [7, 11) is 0. The van der Waals surface area contributed by atoms with Gasteiger partial charge in [-0.2, -0.15) is 5.26 Å². The molecule has 0 aliphatic carbocycles. The summed E-state index contributed by atoms with van der Waals surface area (Å²) in [4.78, 5) is 0. The third kappa shape index (κ3) is 1.50. The van der Waals surface area contributed by atoms with Gasteiger partial charge in [0, 0.05) is 6.04 Å². The highest BCUT2D eigenvalue weighted by Gasteiger charge is 2.11. The normalized spacial score (nSPS) is 10.1. The molecule has 58 valence electrons. The Balaban J connectivity index is 3.19. The number of nitriles is 1. The molecule has 0 aliphatic heterocycles. The first kappa shape index (κ1) is 8.46. The maximum atomic E-state index is 8.68. The number of hydrogen-bond acceptors (Lipinski definition) is 3. The fraction of sp³-hybridized carbons (Fsp3) is 0.500. The van der Waals surface area contributed by atoms with Gasteiger partial charge in [-0.1, -0.05) is 5.21 Å². The van der Waals surface area contributed by atoms with Gasteiger partial charge in [0.1, 0.15) is 6.07 Å². The molecular weight excluding hydrogens is 255 g/mol. The summed E-state index contributed by atoms with van der Waals surface area (Å²) in [5.74, 6) is 0. The summed E-state index contributed by atoms with van der Waals surface area (Å²) in [6.45, 7) is 3.93. The molecule has 5 heteroatoms. The molecule has 0 atom stereocenters. The molecule has 1 aromatic rings. The summed E-state index contributed by atoms with van der Waals surface area (Å²) >= 11 is 2.00. The molecule has 0 aliphatic rings. The molecule has 0 amide bonds. The van der Waals surface area contributed by atoms with Crippen LogP contribution < -0.4 is 0 Å². The Kier molecular flexibility index (Phi) is 2.44. The van der Waals surface area contributed by atoms with Gasteiger partial charge >= 0.3 is 0 Å². The van der Waals surface area contributed by atoms with Crippen LogP contribution in [0.25, 0.3) is 0 Å². The average Bonchev–Trinajstić information content (AvgIpc) is 2.30. The monoisotopic (exact) mass is 262 g/mol. The van der Waals surface area contributed by atoms with Gasteiger partial charge in [0.05, 0.1) is 0 Å². The van der Waals surface area contributed by atoms with Gasteiger partial charge < -0.3 is 0 Å². The largest absolute Gasteiger partial charge is 0.231 e. The van der Waals surface area contributed by atoms with Gasteiger partial charge in [-0.25, -0.2) is 4.68 Å². The van der Waals surface area contributed by atoms with E-state index >= 15 is 0 Å². The lowest BCUT2D eigenvalue weighted by atomic mass is 10.4. The predicted octanol–water partition coefficient (Wildman–Crippen LogP) is 1.34. The lowest BCUT2D eigenvalue weighted by molar-refractivity contribution is 0.509. The van der Waals surface area contributed by atoms with Crippen LogP contribution in [0.1, 0.15) is 25.6 Å². The van der Waals surface area contributed by atoms with Gasteiger partial charge in [-0.3, -0.25) is 0 Å². The van der Waals surface area contributed by atoms with Crippen molar-refractivity contribution in [3.05, 3.63) is 9.39 Å². The van der Waals surface area contributed by atoms with E-state index in [0.29, 0.717) is 9.39 Å². The Morgan fingerprint density at radius 3 is 2.64 bits per heavy atom. The van der Waals surface area contributed by atoms with E-state index in [1.54, 1.807) is 4.68 Å². The fourth-order valence-electron chi connectivity index (χ4n) is 0.733. The Labute approximate surface area is 78.3 Å². The van der Waals surface area contributed by atoms with Crippen LogP contribution in [0.2, 0.25) is 0 Å². The van der Waals surface area contributed by atoms with Crippen LogP contribution in [0.15, 0.2) is 0 Å². The van der Waals surface area contributed by atoms with E-state index in [9.17, 15) is 0 Å². The summed E-state index contributed by atoms with van der Waals surface area (Å²) in [6, 6.07) is 2.25. The fourth-order valence-corrected chi connectivity index (χ4v) is 1.20.